The van der Waals surface area contributed by atoms with Crippen LogP contribution < -0.4 is 9.50 Å². The molecule has 3 amide bonds. The second-order valence-electron chi connectivity index (χ2n) is 7.04. The van der Waals surface area contributed by atoms with E-state index in [0.717, 1.165) is 37.0 Å². The molecule has 1 N–H and O–H groups in total. The fourth-order valence-electron chi connectivity index (χ4n) is 3.07. The number of hydrogen-bond acceptors (Lipinski definition) is 5. The highest BCUT2D eigenvalue weighted by atomic mass is 32.2. The van der Waals surface area contributed by atoms with Gasteiger partial charge in [-0.05, 0) is 25.5 Å². The Morgan fingerprint density at radius 3 is 2.41 bits per heavy atom. The number of para-hydroxylation sites is 1. The van der Waals surface area contributed by atoms with Gasteiger partial charge in [0.2, 0.25) is 0 Å². The number of benzene rings is 1. The van der Waals surface area contributed by atoms with Gasteiger partial charge in [0.15, 0.2) is 0 Å². The molecule has 0 aromatic heterocycles. The lowest BCUT2D eigenvalue weighted by Crippen LogP contribution is -2.44. The zero-order valence-electron chi connectivity index (χ0n) is 15.9. The van der Waals surface area contributed by atoms with Crippen LogP contribution in [0.15, 0.2) is 30.3 Å². The van der Waals surface area contributed by atoms with Crippen molar-refractivity contribution >= 4 is 22.1 Å². The van der Waals surface area contributed by atoms with Crippen molar-refractivity contribution in [2.24, 2.45) is 0 Å². The first-order valence-corrected chi connectivity index (χ1v) is 11.0. The van der Waals surface area contributed by atoms with E-state index in [0.29, 0.717) is 6.42 Å². The molecule has 1 fully saturated rings. The Labute approximate surface area is 161 Å². The summed E-state index contributed by atoms with van der Waals surface area (Å²) in [5.41, 5.74) is -0.965. The number of urea groups is 1. The van der Waals surface area contributed by atoms with Gasteiger partial charge in [-0.1, -0.05) is 57.2 Å². The molecule has 8 heteroatoms. The molecule has 1 unspecified atom stereocenters. The number of imide groups is 1. The van der Waals surface area contributed by atoms with Gasteiger partial charge in [-0.25, -0.2) is 4.79 Å². The number of hydrogen-bond donors (Lipinski definition) is 1. The molecular weight excluding hydrogens is 368 g/mol. The summed E-state index contributed by atoms with van der Waals surface area (Å²) in [4.78, 5) is 25.8. The predicted octanol–water partition coefficient (Wildman–Crippen LogP) is 3.07. The number of nitrogens with zero attached hydrogens (tertiary/aromatic N) is 1. The summed E-state index contributed by atoms with van der Waals surface area (Å²) in [6.07, 6.45) is 5.79. The Balaban J connectivity index is 1.89. The third-order valence-corrected chi connectivity index (χ3v) is 5.79. The normalized spacial score (nSPS) is 20.0. The van der Waals surface area contributed by atoms with Crippen molar-refractivity contribution < 1.29 is 22.2 Å². The van der Waals surface area contributed by atoms with Crippen LogP contribution >= 0.6 is 0 Å². The van der Waals surface area contributed by atoms with Crippen molar-refractivity contribution in [1.82, 2.24) is 10.2 Å². The maximum atomic E-state index is 12.6. The van der Waals surface area contributed by atoms with Crippen LogP contribution in [0.5, 0.6) is 5.75 Å². The van der Waals surface area contributed by atoms with Crippen molar-refractivity contribution in [2.75, 3.05) is 12.3 Å². The molecule has 0 bridgehead atoms. The van der Waals surface area contributed by atoms with Crippen LogP contribution in [-0.4, -0.2) is 43.1 Å². The van der Waals surface area contributed by atoms with Gasteiger partial charge in [0.05, 0.1) is 0 Å². The molecule has 0 radical (unpaired) electrons. The molecule has 0 saturated carbocycles. The summed E-state index contributed by atoms with van der Waals surface area (Å²) in [5, 5.41) is 2.71. The number of rotatable bonds is 11. The number of unbranched alkanes of at least 4 members (excludes halogenated alkanes) is 4. The first-order valence-electron chi connectivity index (χ1n) is 9.39. The molecule has 7 nitrogen and oxygen atoms in total. The van der Waals surface area contributed by atoms with Gasteiger partial charge >= 0.3 is 16.1 Å². The van der Waals surface area contributed by atoms with Crippen LogP contribution in [0.4, 0.5) is 4.79 Å². The topological polar surface area (TPSA) is 92.8 Å². The van der Waals surface area contributed by atoms with Crippen molar-refractivity contribution in [1.29, 1.82) is 0 Å². The van der Waals surface area contributed by atoms with Gasteiger partial charge < -0.3 is 9.50 Å². The molecule has 1 aromatic rings. The van der Waals surface area contributed by atoms with Gasteiger partial charge in [0.1, 0.15) is 17.0 Å². The van der Waals surface area contributed by atoms with E-state index in [1.807, 2.05) is 0 Å². The monoisotopic (exact) mass is 396 g/mol. The SMILES string of the molecule is CCCCCCCC1(C)NC(=O)N(CCS(=O)(=O)Oc2ccccc2)C1=O. The first-order chi connectivity index (χ1) is 12.8. The Morgan fingerprint density at radius 2 is 1.74 bits per heavy atom. The van der Waals surface area contributed by atoms with E-state index >= 15 is 0 Å². The standard InChI is InChI=1S/C19H28N2O5S/c1-3-4-5-6-10-13-19(2)17(22)21(18(23)20-19)14-15-27(24,25)26-16-11-8-7-9-12-16/h7-9,11-12H,3-6,10,13-15H2,1-2H3,(H,20,23). The van der Waals surface area contributed by atoms with Gasteiger partial charge in [0.25, 0.3) is 5.91 Å². The predicted molar refractivity (Wildman–Crippen MR) is 103 cm³/mol. The molecule has 27 heavy (non-hydrogen) atoms. The molecule has 2 rings (SSSR count). The first kappa shape index (κ1) is 21.2. The largest absolute Gasteiger partial charge is 0.382 e. The van der Waals surface area contributed by atoms with Gasteiger partial charge in [-0.15, -0.1) is 0 Å². The highest BCUT2D eigenvalue weighted by Crippen LogP contribution is 2.24. The van der Waals surface area contributed by atoms with E-state index in [1.54, 1.807) is 25.1 Å². The average molecular weight is 397 g/mol. The quantitative estimate of drug-likeness (QED) is 0.352. The summed E-state index contributed by atoms with van der Waals surface area (Å²) in [6.45, 7) is 3.60. The van der Waals surface area contributed by atoms with Crippen molar-refractivity contribution in [3.8, 4) is 5.75 Å². The zero-order valence-corrected chi connectivity index (χ0v) is 16.8. The van der Waals surface area contributed by atoms with Crippen molar-refractivity contribution in [2.45, 2.75) is 57.9 Å². The summed E-state index contributed by atoms with van der Waals surface area (Å²) >= 11 is 0. The van der Waals surface area contributed by atoms with E-state index in [2.05, 4.69) is 12.2 Å². The molecular formula is C19H28N2O5S. The van der Waals surface area contributed by atoms with E-state index in [-0.39, 0.29) is 18.2 Å². The highest BCUT2D eigenvalue weighted by molar-refractivity contribution is 7.87. The van der Waals surface area contributed by atoms with Crippen LogP contribution in [0.2, 0.25) is 0 Å². The Bertz CT molecular complexity index is 751. The summed E-state index contributed by atoms with van der Waals surface area (Å²) in [6, 6.07) is 7.58. The van der Waals surface area contributed by atoms with Crippen LogP contribution in [0, 0.1) is 0 Å². The molecule has 1 aliphatic heterocycles. The third-order valence-electron chi connectivity index (χ3n) is 4.66. The van der Waals surface area contributed by atoms with E-state index in [1.165, 1.54) is 12.1 Å². The van der Waals surface area contributed by atoms with Gasteiger partial charge in [-0.3, -0.25) is 9.69 Å². The van der Waals surface area contributed by atoms with E-state index in [9.17, 15) is 18.0 Å². The average Bonchev–Trinajstić information content (AvgIpc) is 2.82. The minimum atomic E-state index is -3.91. The summed E-state index contributed by atoms with van der Waals surface area (Å²) in [7, 11) is -3.91. The molecule has 1 heterocycles. The lowest BCUT2D eigenvalue weighted by atomic mass is 9.94. The molecule has 1 aromatic carbocycles. The molecule has 1 aliphatic rings. The summed E-state index contributed by atoms with van der Waals surface area (Å²) < 4.78 is 29.2. The minimum absolute atomic E-state index is 0.201. The fraction of sp³-hybridized carbons (Fsp3) is 0.579. The lowest BCUT2D eigenvalue weighted by molar-refractivity contribution is -0.130. The molecule has 1 saturated heterocycles. The third kappa shape index (κ3) is 5.95. The zero-order chi connectivity index (χ0) is 19.9. The lowest BCUT2D eigenvalue weighted by Gasteiger charge is -2.21. The maximum absolute atomic E-state index is 12.6. The molecule has 0 spiro atoms. The second-order valence-corrected chi connectivity index (χ2v) is 8.73. The van der Waals surface area contributed by atoms with Crippen LogP contribution in [-0.2, 0) is 14.9 Å². The number of amides is 3. The second kappa shape index (κ2) is 9.21. The van der Waals surface area contributed by atoms with Crippen LogP contribution in [0.1, 0.15) is 52.4 Å². The van der Waals surface area contributed by atoms with Gasteiger partial charge in [0, 0.05) is 6.54 Å². The van der Waals surface area contributed by atoms with E-state index in [4.69, 9.17) is 4.18 Å². The molecule has 0 aliphatic carbocycles. The Hall–Kier alpha value is -2.09. The Kier molecular flexibility index (Phi) is 7.24. The maximum Gasteiger partial charge on any atom is 0.325 e. The Morgan fingerprint density at radius 1 is 1.07 bits per heavy atom. The fourth-order valence-corrected chi connectivity index (χ4v) is 3.96. The van der Waals surface area contributed by atoms with E-state index < -0.39 is 27.4 Å². The number of carbonyl (C=O) groups excluding carboxylic acids is 2. The van der Waals surface area contributed by atoms with Gasteiger partial charge in [-0.2, -0.15) is 8.42 Å². The van der Waals surface area contributed by atoms with Crippen LogP contribution in [0.25, 0.3) is 0 Å². The van der Waals surface area contributed by atoms with Crippen molar-refractivity contribution in [3.05, 3.63) is 30.3 Å². The smallest absolute Gasteiger partial charge is 0.325 e. The minimum Gasteiger partial charge on any atom is -0.382 e. The number of nitrogens with one attached hydrogen (secondary N) is 1. The highest BCUT2D eigenvalue weighted by Gasteiger charge is 2.47. The summed E-state index contributed by atoms with van der Waals surface area (Å²) in [5.74, 6) is -0.627. The number of carbonyl (C=O) groups is 2. The molecule has 150 valence electrons. The van der Waals surface area contributed by atoms with Crippen LogP contribution in [0.3, 0.4) is 0 Å². The van der Waals surface area contributed by atoms with Crippen molar-refractivity contribution in [3.63, 3.8) is 0 Å². The molecule has 1 atom stereocenters.